The first-order valence-electron chi connectivity index (χ1n) is 5.36. The average molecular weight is 208 g/mol. The summed E-state index contributed by atoms with van der Waals surface area (Å²) in [5.41, 5.74) is 3.59. The average Bonchev–Trinajstić information content (AvgIpc) is 2.15. The van der Waals surface area contributed by atoms with Crippen molar-refractivity contribution in [3.63, 3.8) is 0 Å². The SMILES string of the molecule is Cc1cc(C)c(OCC(C)CO)c(C)c1. The van der Waals surface area contributed by atoms with Crippen LogP contribution >= 0.6 is 0 Å². The Labute approximate surface area is 91.9 Å². The first-order valence-corrected chi connectivity index (χ1v) is 5.36. The summed E-state index contributed by atoms with van der Waals surface area (Å²) in [6, 6.07) is 4.23. The topological polar surface area (TPSA) is 29.5 Å². The van der Waals surface area contributed by atoms with E-state index in [9.17, 15) is 0 Å². The molecule has 1 aromatic rings. The van der Waals surface area contributed by atoms with Crippen molar-refractivity contribution in [3.8, 4) is 5.75 Å². The van der Waals surface area contributed by atoms with E-state index in [2.05, 4.69) is 32.9 Å². The molecule has 0 aliphatic carbocycles. The first-order chi connectivity index (χ1) is 7.04. The first kappa shape index (κ1) is 12.1. The van der Waals surface area contributed by atoms with Gasteiger partial charge in [-0.25, -0.2) is 0 Å². The van der Waals surface area contributed by atoms with Gasteiger partial charge < -0.3 is 9.84 Å². The highest BCUT2D eigenvalue weighted by molar-refractivity contribution is 5.42. The molecule has 1 atom stereocenters. The highest BCUT2D eigenvalue weighted by Gasteiger charge is 2.07. The normalized spacial score (nSPS) is 12.6. The molecule has 2 heteroatoms. The van der Waals surface area contributed by atoms with E-state index in [1.807, 2.05) is 6.92 Å². The number of aliphatic hydroxyl groups excluding tert-OH is 1. The number of aliphatic hydroxyl groups is 1. The highest BCUT2D eigenvalue weighted by Crippen LogP contribution is 2.24. The number of aryl methyl sites for hydroxylation is 3. The standard InChI is InChI=1S/C13H20O2/c1-9-5-11(3)13(12(4)6-9)15-8-10(2)7-14/h5-6,10,14H,7-8H2,1-4H3. The number of hydrogen-bond acceptors (Lipinski definition) is 2. The van der Waals surface area contributed by atoms with E-state index in [4.69, 9.17) is 9.84 Å². The lowest BCUT2D eigenvalue weighted by Gasteiger charge is -2.15. The largest absolute Gasteiger partial charge is 0.493 e. The molecule has 0 saturated heterocycles. The highest BCUT2D eigenvalue weighted by atomic mass is 16.5. The summed E-state index contributed by atoms with van der Waals surface area (Å²) >= 11 is 0. The molecular weight excluding hydrogens is 188 g/mol. The second-order valence-electron chi connectivity index (χ2n) is 4.33. The smallest absolute Gasteiger partial charge is 0.125 e. The van der Waals surface area contributed by atoms with E-state index in [1.165, 1.54) is 5.56 Å². The van der Waals surface area contributed by atoms with Crippen LogP contribution in [0, 0.1) is 26.7 Å². The minimum absolute atomic E-state index is 0.171. The molecule has 1 rings (SSSR count). The molecule has 0 heterocycles. The van der Waals surface area contributed by atoms with Crippen molar-refractivity contribution in [2.24, 2.45) is 5.92 Å². The molecule has 0 radical (unpaired) electrons. The Bertz CT molecular complexity index is 308. The van der Waals surface area contributed by atoms with Crippen molar-refractivity contribution >= 4 is 0 Å². The van der Waals surface area contributed by atoms with Crippen LogP contribution in [0.15, 0.2) is 12.1 Å². The molecular formula is C13H20O2. The summed E-state index contributed by atoms with van der Waals surface area (Å²) < 4.78 is 5.72. The van der Waals surface area contributed by atoms with Gasteiger partial charge in [0.2, 0.25) is 0 Å². The van der Waals surface area contributed by atoms with Crippen molar-refractivity contribution in [3.05, 3.63) is 28.8 Å². The zero-order valence-electron chi connectivity index (χ0n) is 10.0. The lowest BCUT2D eigenvalue weighted by molar-refractivity contribution is 0.173. The van der Waals surface area contributed by atoms with Crippen LogP contribution in [0.25, 0.3) is 0 Å². The third-order valence-electron chi connectivity index (χ3n) is 2.43. The molecule has 0 fully saturated rings. The van der Waals surface area contributed by atoms with Crippen LogP contribution in [0.2, 0.25) is 0 Å². The zero-order valence-corrected chi connectivity index (χ0v) is 10.0. The molecule has 15 heavy (non-hydrogen) atoms. The Kier molecular flexibility index (Phi) is 4.15. The molecule has 0 aliphatic heterocycles. The summed E-state index contributed by atoms with van der Waals surface area (Å²) in [5.74, 6) is 1.14. The predicted molar refractivity (Wildman–Crippen MR) is 62.4 cm³/mol. The van der Waals surface area contributed by atoms with Gasteiger partial charge in [0.25, 0.3) is 0 Å². The van der Waals surface area contributed by atoms with Crippen LogP contribution in [0.5, 0.6) is 5.75 Å². The summed E-state index contributed by atoms with van der Waals surface area (Å²) in [6.45, 7) is 8.90. The van der Waals surface area contributed by atoms with Crippen molar-refractivity contribution in [1.29, 1.82) is 0 Å². The molecule has 1 N–H and O–H groups in total. The van der Waals surface area contributed by atoms with Crippen molar-refractivity contribution < 1.29 is 9.84 Å². The minimum Gasteiger partial charge on any atom is -0.493 e. The van der Waals surface area contributed by atoms with Crippen LogP contribution in [-0.4, -0.2) is 18.3 Å². The van der Waals surface area contributed by atoms with Crippen LogP contribution in [0.1, 0.15) is 23.6 Å². The molecule has 2 nitrogen and oxygen atoms in total. The van der Waals surface area contributed by atoms with Crippen LogP contribution in [-0.2, 0) is 0 Å². The Hall–Kier alpha value is -1.02. The predicted octanol–water partition coefficient (Wildman–Crippen LogP) is 2.62. The second kappa shape index (κ2) is 5.17. The molecule has 0 amide bonds. The lowest BCUT2D eigenvalue weighted by Crippen LogP contribution is -2.13. The fourth-order valence-corrected chi connectivity index (χ4v) is 1.67. The summed E-state index contributed by atoms with van der Waals surface area (Å²) in [4.78, 5) is 0. The van der Waals surface area contributed by atoms with Crippen LogP contribution in [0.4, 0.5) is 0 Å². The summed E-state index contributed by atoms with van der Waals surface area (Å²) in [6.07, 6.45) is 0. The van der Waals surface area contributed by atoms with E-state index in [0.717, 1.165) is 16.9 Å². The van der Waals surface area contributed by atoms with Gasteiger partial charge in [-0.05, 0) is 31.9 Å². The lowest BCUT2D eigenvalue weighted by atomic mass is 10.1. The van der Waals surface area contributed by atoms with E-state index in [0.29, 0.717) is 6.61 Å². The molecule has 0 saturated carbocycles. The zero-order chi connectivity index (χ0) is 11.4. The third-order valence-corrected chi connectivity index (χ3v) is 2.43. The van der Waals surface area contributed by atoms with E-state index < -0.39 is 0 Å². The van der Waals surface area contributed by atoms with Crippen LogP contribution < -0.4 is 4.74 Å². The molecule has 1 unspecified atom stereocenters. The van der Waals surface area contributed by atoms with Gasteiger partial charge in [0.15, 0.2) is 0 Å². The molecule has 0 aromatic heterocycles. The molecule has 1 aromatic carbocycles. The summed E-state index contributed by atoms with van der Waals surface area (Å²) in [7, 11) is 0. The molecule has 0 spiro atoms. The molecule has 0 aliphatic rings. The summed E-state index contributed by atoms with van der Waals surface area (Å²) in [5, 5.41) is 8.92. The third kappa shape index (κ3) is 3.24. The quantitative estimate of drug-likeness (QED) is 0.824. The Morgan fingerprint density at radius 1 is 1.20 bits per heavy atom. The fraction of sp³-hybridized carbons (Fsp3) is 0.538. The second-order valence-corrected chi connectivity index (χ2v) is 4.33. The van der Waals surface area contributed by atoms with E-state index >= 15 is 0 Å². The van der Waals surface area contributed by atoms with Crippen molar-refractivity contribution in [2.75, 3.05) is 13.2 Å². The number of benzene rings is 1. The number of ether oxygens (including phenoxy) is 1. The van der Waals surface area contributed by atoms with Gasteiger partial charge in [-0.1, -0.05) is 24.6 Å². The van der Waals surface area contributed by atoms with Gasteiger partial charge >= 0.3 is 0 Å². The van der Waals surface area contributed by atoms with Gasteiger partial charge in [-0.2, -0.15) is 0 Å². The van der Waals surface area contributed by atoms with Gasteiger partial charge in [0.05, 0.1) is 6.61 Å². The van der Waals surface area contributed by atoms with Crippen molar-refractivity contribution in [2.45, 2.75) is 27.7 Å². The monoisotopic (exact) mass is 208 g/mol. The maximum atomic E-state index is 8.92. The van der Waals surface area contributed by atoms with Gasteiger partial charge in [0, 0.05) is 12.5 Å². The van der Waals surface area contributed by atoms with E-state index in [-0.39, 0.29) is 12.5 Å². The minimum atomic E-state index is 0.171. The molecule has 84 valence electrons. The van der Waals surface area contributed by atoms with Gasteiger partial charge in [0.1, 0.15) is 5.75 Å². The number of hydrogen-bond donors (Lipinski definition) is 1. The van der Waals surface area contributed by atoms with Gasteiger partial charge in [-0.3, -0.25) is 0 Å². The maximum absolute atomic E-state index is 8.92. The van der Waals surface area contributed by atoms with Crippen LogP contribution in [0.3, 0.4) is 0 Å². The van der Waals surface area contributed by atoms with Crippen molar-refractivity contribution in [1.82, 2.24) is 0 Å². The molecule has 0 bridgehead atoms. The Morgan fingerprint density at radius 3 is 2.20 bits per heavy atom. The Morgan fingerprint density at radius 2 is 1.73 bits per heavy atom. The van der Waals surface area contributed by atoms with Gasteiger partial charge in [-0.15, -0.1) is 0 Å². The fourth-order valence-electron chi connectivity index (χ4n) is 1.67. The maximum Gasteiger partial charge on any atom is 0.125 e. The van der Waals surface area contributed by atoms with E-state index in [1.54, 1.807) is 0 Å². The number of rotatable bonds is 4. The Balaban J connectivity index is 2.77.